The van der Waals surface area contributed by atoms with E-state index in [1.807, 2.05) is 0 Å². The molecule has 0 atom stereocenters. The summed E-state index contributed by atoms with van der Waals surface area (Å²) < 4.78 is 65.0. The Bertz CT molecular complexity index is 1150. The predicted molar refractivity (Wildman–Crippen MR) is 121 cm³/mol. The summed E-state index contributed by atoms with van der Waals surface area (Å²) in [6, 6.07) is 8.30. The Kier molecular flexibility index (Phi) is 8.89. The van der Waals surface area contributed by atoms with Crippen molar-refractivity contribution in [1.82, 2.24) is 9.44 Å². The molecule has 0 aliphatic heterocycles. The number of ketones is 1. The van der Waals surface area contributed by atoms with E-state index in [4.69, 9.17) is 19.7 Å². The van der Waals surface area contributed by atoms with Gasteiger partial charge < -0.3 is 19.7 Å². The monoisotopic (exact) mass is 514 g/mol. The van der Waals surface area contributed by atoms with Gasteiger partial charge in [-0.3, -0.25) is 4.79 Å². The van der Waals surface area contributed by atoms with Crippen LogP contribution in [0.5, 0.6) is 0 Å². The lowest BCUT2D eigenvalue weighted by Crippen LogP contribution is -2.28. The third-order valence-electron chi connectivity index (χ3n) is 4.93. The van der Waals surface area contributed by atoms with E-state index in [1.54, 1.807) is 0 Å². The van der Waals surface area contributed by atoms with Crippen LogP contribution in [0.1, 0.15) is 15.9 Å². The van der Waals surface area contributed by atoms with E-state index in [-0.39, 0.29) is 73.6 Å². The van der Waals surface area contributed by atoms with E-state index in [9.17, 15) is 21.6 Å². The second-order valence-electron chi connectivity index (χ2n) is 7.21. The smallest absolute Gasteiger partial charge is 0.240 e. The SMILES string of the molecule is O=C1c2cc(S(=O)(=O)NCCOCCO)ccc2-c2ccc(S(=O)(=O)NCCOCCO)cc21. The van der Waals surface area contributed by atoms with Crippen molar-refractivity contribution in [2.24, 2.45) is 0 Å². The number of carbonyl (C=O) groups is 1. The Balaban J connectivity index is 1.76. The number of rotatable bonds is 14. The maximum Gasteiger partial charge on any atom is 0.240 e. The van der Waals surface area contributed by atoms with Gasteiger partial charge >= 0.3 is 0 Å². The van der Waals surface area contributed by atoms with Crippen molar-refractivity contribution in [3.63, 3.8) is 0 Å². The highest BCUT2D eigenvalue weighted by Crippen LogP contribution is 2.38. The molecule has 13 heteroatoms. The Hall–Kier alpha value is -2.23. The number of benzene rings is 2. The van der Waals surface area contributed by atoms with Gasteiger partial charge in [-0.25, -0.2) is 26.3 Å². The molecule has 4 N–H and O–H groups in total. The molecule has 0 amide bonds. The van der Waals surface area contributed by atoms with Crippen molar-refractivity contribution in [3.05, 3.63) is 47.5 Å². The quantitative estimate of drug-likeness (QED) is 0.207. The first kappa shape index (κ1) is 26.4. The second-order valence-corrected chi connectivity index (χ2v) is 10.7. The third kappa shape index (κ3) is 6.06. The number of aliphatic hydroxyl groups is 2. The highest BCUT2D eigenvalue weighted by atomic mass is 32.2. The number of carbonyl (C=O) groups excluding carboxylic acids is 1. The van der Waals surface area contributed by atoms with Crippen molar-refractivity contribution in [2.45, 2.75) is 9.79 Å². The van der Waals surface area contributed by atoms with Gasteiger partial charge in [0, 0.05) is 24.2 Å². The Morgan fingerprint density at radius 1 is 0.647 bits per heavy atom. The number of ether oxygens (including phenoxy) is 2. The molecule has 34 heavy (non-hydrogen) atoms. The van der Waals surface area contributed by atoms with Crippen molar-refractivity contribution in [1.29, 1.82) is 0 Å². The molecular weight excluding hydrogens is 488 g/mol. The van der Waals surface area contributed by atoms with Gasteiger partial charge in [-0.15, -0.1) is 0 Å². The van der Waals surface area contributed by atoms with E-state index < -0.39 is 25.8 Å². The molecule has 1 aliphatic rings. The summed E-state index contributed by atoms with van der Waals surface area (Å²) in [5.74, 6) is -0.475. The van der Waals surface area contributed by atoms with Gasteiger partial charge in [0.05, 0.1) is 49.4 Å². The number of nitrogens with one attached hydrogen (secondary N) is 2. The van der Waals surface area contributed by atoms with Gasteiger partial charge in [0.25, 0.3) is 0 Å². The van der Waals surface area contributed by atoms with E-state index in [1.165, 1.54) is 36.4 Å². The summed E-state index contributed by atoms with van der Waals surface area (Å²) >= 11 is 0. The molecule has 0 radical (unpaired) electrons. The van der Waals surface area contributed by atoms with Crippen LogP contribution in [0, 0.1) is 0 Å². The highest BCUT2D eigenvalue weighted by molar-refractivity contribution is 7.89. The van der Waals surface area contributed by atoms with E-state index in [2.05, 4.69) is 9.44 Å². The van der Waals surface area contributed by atoms with Crippen LogP contribution in [0.25, 0.3) is 11.1 Å². The van der Waals surface area contributed by atoms with Crippen LogP contribution in [0.15, 0.2) is 46.2 Å². The standard InChI is InChI=1S/C21H26N2O9S2/c24-7-11-31-9-5-22-33(27,28)15-1-3-17-18-4-2-16(14-20(18)21(26)19(17)13-15)34(29,30)23-6-10-32-12-8-25/h1-4,13-14,22-25H,5-12H2. The van der Waals surface area contributed by atoms with E-state index in [0.29, 0.717) is 11.1 Å². The van der Waals surface area contributed by atoms with Crippen LogP contribution in [-0.4, -0.2) is 85.6 Å². The van der Waals surface area contributed by atoms with Crippen LogP contribution in [0.3, 0.4) is 0 Å². The van der Waals surface area contributed by atoms with Crippen molar-refractivity contribution < 1.29 is 41.3 Å². The van der Waals surface area contributed by atoms with Crippen LogP contribution in [0.2, 0.25) is 0 Å². The lowest BCUT2D eigenvalue weighted by Gasteiger charge is -2.09. The Labute approximate surface area is 197 Å². The van der Waals surface area contributed by atoms with Gasteiger partial charge in [-0.2, -0.15) is 0 Å². The molecule has 1 aliphatic carbocycles. The summed E-state index contributed by atoms with van der Waals surface area (Å²) in [7, 11) is -7.81. The van der Waals surface area contributed by atoms with E-state index >= 15 is 0 Å². The number of hydrogen-bond acceptors (Lipinski definition) is 9. The fourth-order valence-electron chi connectivity index (χ4n) is 3.37. The Morgan fingerprint density at radius 2 is 1.06 bits per heavy atom. The summed E-state index contributed by atoms with van der Waals surface area (Å²) in [6.07, 6.45) is 0. The summed E-state index contributed by atoms with van der Waals surface area (Å²) in [6.45, 7) is -0.00552. The zero-order chi connectivity index (χ0) is 24.8. The molecule has 0 heterocycles. The number of sulfonamides is 2. The fourth-order valence-corrected chi connectivity index (χ4v) is 5.45. The number of aliphatic hydroxyl groups excluding tert-OH is 2. The van der Waals surface area contributed by atoms with Crippen LogP contribution in [-0.2, 0) is 29.5 Å². The lowest BCUT2D eigenvalue weighted by molar-refractivity contribution is 0.0961. The highest BCUT2D eigenvalue weighted by Gasteiger charge is 2.30. The minimum atomic E-state index is -3.91. The topological polar surface area (TPSA) is 168 Å². The molecule has 2 aromatic rings. The second kappa shape index (κ2) is 11.5. The minimum Gasteiger partial charge on any atom is -0.394 e. The van der Waals surface area contributed by atoms with Crippen LogP contribution >= 0.6 is 0 Å². The zero-order valence-electron chi connectivity index (χ0n) is 18.2. The minimum absolute atomic E-state index is 0.00709. The number of hydrogen-bond donors (Lipinski definition) is 4. The third-order valence-corrected chi connectivity index (χ3v) is 7.85. The van der Waals surface area contributed by atoms with Crippen molar-refractivity contribution in [3.8, 4) is 11.1 Å². The molecule has 0 unspecified atom stereocenters. The lowest BCUT2D eigenvalue weighted by atomic mass is 10.1. The first-order chi connectivity index (χ1) is 16.2. The maximum atomic E-state index is 13.0. The molecule has 186 valence electrons. The van der Waals surface area contributed by atoms with E-state index in [0.717, 1.165) is 0 Å². The van der Waals surface area contributed by atoms with Gasteiger partial charge in [0.2, 0.25) is 20.0 Å². The molecule has 0 saturated carbocycles. The van der Waals surface area contributed by atoms with Crippen molar-refractivity contribution >= 4 is 25.8 Å². The maximum absolute atomic E-state index is 13.0. The molecule has 0 spiro atoms. The molecular formula is C21H26N2O9S2. The Morgan fingerprint density at radius 3 is 1.44 bits per heavy atom. The average Bonchev–Trinajstić information content (AvgIpc) is 3.10. The molecule has 3 rings (SSSR count). The molecule has 0 aromatic heterocycles. The predicted octanol–water partition coefficient (Wildman–Crippen LogP) is -0.528. The molecule has 0 bridgehead atoms. The zero-order valence-corrected chi connectivity index (χ0v) is 19.8. The fraction of sp³-hybridized carbons (Fsp3) is 0.381. The number of fused-ring (bicyclic) bond motifs is 3. The molecule has 0 fully saturated rings. The largest absolute Gasteiger partial charge is 0.394 e. The van der Waals surface area contributed by atoms with Gasteiger partial charge in [0.15, 0.2) is 5.78 Å². The first-order valence-electron chi connectivity index (χ1n) is 10.4. The molecule has 0 saturated heterocycles. The first-order valence-corrected chi connectivity index (χ1v) is 13.4. The average molecular weight is 515 g/mol. The van der Waals surface area contributed by atoms with Crippen LogP contribution < -0.4 is 9.44 Å². The van der Waals surface area contributed by atoms with Crippen molar-refractivity contribution in [2.75, 3.05) is 52.7 Å². The molecule has 11 nitrogen and oxygen atoms in total. The summed E-state index contributed by atoms with van der Waals surface area (Å²) in [5.41, 5.74) is 1.35. The van der Waals surface area contributed by atoms with Gasteiger partial charge in [-0.05, 0) is 35.4 Å². The summed E-state index contributed by atoms with van der Waals surface area (Å²) in [4.78, 5) is 12.8. The molecule has 2 aromatic carbocycles. The summed E-state index contributed by atoms with van der Waals surface area (Å²) in [5, 5.41) is 17.4. The van der Waals surface area contributed by atoms with Gasteiger partial charge in [0.1, 0.15) is 0 Å². The normalized spacial score (nSPS) is 13.2. The van der Waals surface area contributed by atoms with Gasteiger partial charge in [-0.1, -0.05) is 12.1 Å². The van der Waals surface area contributed by atoms with Crippen LogP contribution in [0.4, 0.5) is 0 Å².